The summed E-state index contributed by atoms with van der Waals surface area (Å²) >= 11 is 5.92. The van der Waals surface area contributed by atoms with E-state index in [-0.39, 0.29) is 5.91 Å². The van der Waals surface area contributed by atoms with Crippen molar-refractivity contribution < 1.29 is 4.79 Å². The molecule has 13 heavy (non-hydrogen) atoms. The molecule has 0 aliphatic heterocycles. The monoisotopic (exact) mass is 201 g/mol. The highest BCUT2D eigenvalue weighted by Gasteiger charge is 2.17. The summed E-state index contributed by atoms with van der Waals surface area (Å²) in [5.41, 5.74) is 1.12. The number of carbonyl (C=O) groups excluding carboxylic acids is 1. The van der Waals surface area contributed by atoms with Crippen LogP contribution in [0.3, 0.4) is 0 Å². The van der Waals surface area contributed by atoms with E-state index in [2.05, 4.69) is 10.4 Å². The average molecular weight is 202 g/mol. The van der Waals surface area contributed by atoms with Crippen LogP contribution in [0, 0.1) is 6.92 Å². The van der Waals surface area contributed by atoms with Crippen LogP contribution < -0.4 is 5.32 Å². The minimum atomic E-state index is -0.201. The molecule has 0 fully saturated rings. The van der Waals surface area contributed by atoms with Crippen LogP contribution in [0.4, 0.5) is 0 Å². The van der Waals surface area contributed by atoms with E-state index >= 15 is 0 Å². The molecule has 4 nitrogen and oxygen atoms in total. The summed E-state index contributed by atoms with van der Waals surface area (Å²) in [5, 5.41) is 7.08. The lowest BCUT2D eigenvalue weighted by Crippen LogP contribution is -2.22. The van der Waals surface area contributed by atoms with Crippen LogP contribution in [0.2, 0.25) is 5.02 Å². The molecule has 1 aromatic rings. The largest absolute Gasteiger partial charge is 0.354 e. The van der Waals surface area contributed by atoms with Gasteiger partial charge in [0.05, 0.1) is 10.7 Å². The van der Waals surface area contributed by atoms with Crippen molar-refractivity contribution in [3.63, 3.8) is 0 Å². The molecule has 0 spiro atoms. The first-order valence-electron chi connectivity index (χ1n) is 4.06. The molecule has 0 aromatic carbocycles. The van der Waals surface area contributed by atoms with E-state index in [0.29, 0.717) is 23.0 Å². The number of rotatable bonds is 2. The summed E-state index contributed by atoms with van der Waals surface area (Å²) in [6.07, 6.45) is 0. The van der Waals surface area contributed by atoms with Gasteiger partial charge in [0.1, 0.15) is 5.69 Å². The van der Waals surface area contributed by atoms with Gasteiger partial charge in [-0.05, 0) is 13.8 Å². The number of nitrogens with zero attached hydrogens (tertiary/aromatic N) is 2. The Morgan fingerprint density at radius 3 is 2.77 bits per heavy atom. The number of halogens is 1. The molecule has 1 aromatic heterocycles. The molecule has 0 saturated heterocycles. The Kier molecular flexibility index (Phi) is 2.93. The first-order chi connectivity index (χ1) is 6.11. The van der Waals surface area contributed by atoms with Crippen LogP contribution in [0.15, 0.2) is 0 Å². The third-order valence-electron chi connectivity index (χ3n) is 1.80. The normalized spacial score (nSPS) is 10.2. The highest BCUT2D eigenvalue weighted by molar-refractivity contribution is 6.34. The fourth-order valence-corrected chi connectivity index (χ4v) is 1.34. The molecule has 72 valence electrons. The molecule has 5 heteroatoms. The van der Waals surface area contributed by atoms with Crippen molar-refractivity contribution in [2.75, 3.05) is 7.05 Å². The van der Waals surface area contributed by atoms with Gasteiger partial charge >= 0.3 is 0 Å². The average Bonchev–Trinajstić information content (AvgIpc) is 2.42. The highest BCUT2D eigenvalue weighted by Crippen LogP contribution is 2.19. The lowest BCUT2D eigenvalue weighted by atomic mass is 10.3. The van der Waals surface area contributed by atoms with Gasteiger partial charge in [0.15, 0.2) is 0 Å². The summed E-state index contributed by atoms with van der Waals surface area (Å²) in [6.45, 7) is 4.33. The van der Waals surface area contributed by atoms with Gasteiger partial charge in [-0.15, -0.1) is 0 Å². The molecule has 1 heterocycles. The summed E-state index contributed by atoms with van der Waals surface area (Å²) in [6, 6.07) is 0. The van der Waals surface area contributed by atoms with Crippen LogP contribution in [0.1, 0.15) is 23.1 Å². The molecule has 0 aliphatic carbocycles. The zero-order chi connectivity index (χ0) is 10.0. The third-order valence-corrected chi connectivity index (χ3v) is 2.25. The van der Waals surface area contributed by atoms with E-state index < -0.39 is 0 Å². The second-order valence-electron chi connectivity index (χ2n) is 2.64. The molecule has 1 rings (SSSR count). The van der Waals surface area contributed by atoms with E-state index in [9.17, 15) is 4.79 Å². The Labute approximate surface area is 81.9 Å². The molecule has 0 radical (unpaired) electrons. The van der Waals surface area contributed by atoms with Gasteiger partial charge in [-0.25, -0.2) is 0 Å². The SMILES string of the molecule is CCn1nc(C)c(Cl)c1C(=O)NC. The summed E-state index contributed by atoms with van der Waals surface area (Å²) in [4.78, 5) is 11.4. The minimum absolute atomic E-state index is 0.201. The molecule has 1 amide bonds. The molecular formula is C8H12ClN3O. The van der Waals surface area contributed by atoms with Crippen molar-refractivity contribution >= 4 is 17.5 Å². The highest BCUT2D eigenvalue weighted by atomic mass is 35.5. The third kappa shape index (κ3) is 1.67. The van der Waals surface area contributed by atoms with Crippen molar-refractivity contribution in [3.8, 4) is 0 Å². The zero-order valence-electron chi connectivity index (χ0n) is 7.89. The first-order valence-corrected chi connectivity index (χ1v) is 4.44. The molecule has 0 saturated carbocycles. The second kappa shape index (κ2) is 3.79. The van der Waals surface area contributed by atoms with E-state index in [0.717, 1.165) is 0 Å². The number of hydrogen-bond donors (Lipinski definition) is 1. The molecule has 0 bridgehead atoms. The smallest absolute Gasteiger partial charge is 0.270 e. The number of hydrogen-bond acceptors (Lipinski definition) is 2. The van der Waals surface area contributed by atoms with E-state index in [4.69, 9.17) is 11.6 Å². The van der Waals surface area contributed by atoms with Crippen molar-refractivity contribution in [3.05, 3.63) is 16.4 Å². The summed E-state index contributed by atoms with van der Waals surface area (Å²) in [5.74, 6) is -0.201. The maximum atomic E-state index is 11.4. The fourth-order valence-electron chi connectivity index (χ4n) is 1.12. The molecular weight excluding hydrogens is 190 g/mol. The predicted molar refractivity (Wildman–Crippen MR) is 51.0 cm³/mol. The van der Waals surface area contributed by atoms with Crippen LogP contribution in [-0.4, -0.2) is 22.7 Å². The Morgan fingerprint density at radius 1 is 1.69 bits per heavy atom. The Hall–Kier alpha value is -1.03. The quantitative estimate of drug-likeness (QED) is 0.782. The summed E-state index contributed by atoms with van der Waals surface area (Å²) < 4.78 is 1.59. The molecule has 1 N–H and O–H groups in total. The van der Waals surface area contributed by atoms with Crippen LogP contribution in [0.5, 0.6) is 0 Å². The topological polar surface area (TPSA) is 46.9 Å². The van der Waals surface area contributed by atoms with Crippen molar-refractivity contribution in [2.45, 2.75) is 20.4 Å². The predicted octanol–water partition coefficient (Wildman–Crippen LogP) is 1.22. The maximum absolute atomic E-state index is 11.4. The Balaban J connectivity index is 3.23. The zero-order valence-corrected chi connectivity index (χ0v) is 8.64. The Bertz CT molecular complexity index is 332. The van der Waals surface area contributed by atoms with E-state index in [1.807, 2.05) is 6.92 Å². The van der Waals surface area contributed by atoms with Crippen molar-refractivity contribution in [2.24, 2.45) is 0 Å². The Morgan fingerprint density at radius 2 is 2.31 bits per heavy atom. The number of amides is 1. The van der Waals surface area contributed by atoms with Gasteiger partial charge < -0.3 is 5.32 Å². The number of aromatic nitrogens is 2. The molecule has 0 unspecified atom stereocenters. The van der Waals surface area contributed by atoms with Gasteiger partial charge in [0.25, 0.3) is 5.91 Å². The fraction of sp³-hybridized carbons (Fsp3) is 0.500. The van der Waals surface area contributed by atoms with E-state index in [1.165, 1.54) is 0 Å². The van der Waals surface area contributed by atoms with Crippen molar-refractivity contribution in [1.29, 1.82) is 0 Å². The second-order valence-corrected chi connectivity index (χ2v) is 3.02. The number of aryl methyl sites for hydroxylation is 2. The van der Waals surface area contributed by atoms with Crippen LogP contribution in [-0.2, 0) is 6.54 Å². The van der Waals surface area contributed by atoms with Gasteiger partial charge in [0.2, 0.25) is 0 Å². The minimum Gasteiger partial charge on any atom is -0.354 e. The van der Waals surface area contributed by atoms with Gasteiger partial charge in [0, 0.05) is 13.6 Å². The number of carbonyl (C=O) groups is 1. The number of nitrogens with one attached hydrogen (secondary N) is 1. The van der Waals surface area contributed by atoms with Gasteiger partial charge in [-0.2, -0.15) is 5.10 Å². The maximum Gasteiger partial charge on any atom is 0.270 e. The lowest BCUT2D eigenvalue weighted by molar-refractivity contribution is 0.0952. The lowest BCUT2D eigenvalue weighted by Gasteiger charge is -2.02. The molecule has 0 aliphatic rings. The van der Waals surface area contributed by atoms with Crippen LogP contribution in [0.25, 0.3) is 0 Å². The first kappa shape index (κ1) is 10.1. The standard InChI is InChI=1S/C8H12ClN3O/c1-4-12-7(8(13)10-3)6(9)5(2)11-12/h4H2,1-3H3,(H,10,13). The van der Waals surface area contributed by atoms with Gasteiger partial charge in [-0.3, -0.25) is 9.48 Å². The van der Waals surface area contributed by atoms with Crippen molar-refractivity contribution in [1.82, 2.24) is 15.1 Å². The van der Waals surface area contributed by atoms with E-state index in [1.54, 1.807) is 18.7 Å². The van der Waals surface area contributed by atoms with Gasteiger partial charge in [-0.1, -0.05) is 11.6 Å². The molecule has 0 atom stereocenters. The summed E-state index contributed by atoms with van der Waals surface area (Å²) in [7, 11) is 1.57. The van der Waals surface area contributed by atoms with Crippen LogP contribution >= 0.6 is 11.6 Å².